The van der Waals surface area contributed by atoms with Crippen LogP contribution < -0.4 is 5.73 Å². The molecule has 0 saturated heterocycles. The van der Waals surface area contributed by atoms with E-state index in [1.807, 2.05) is 6.92 Å². The molecule has 0 amide bonds. The summed E-state index contributed by atoms with van der Waals surface area (Å²) in [6.07, 6.45) is 0. The largest absolute Gasteiger partial charge is 0.463 e. The highest BCUT2D eigenvalue weighted by molar-refractivity contribution is 7.99. The maximum atomic E-state index is 13.3. The molecule has 2 aromatic rings. The average Bonchev–Trinajstić information content (AvgIpc) is 2.86. The number of carbonyl (C=O) groups excluding carboxylic acids is 1. The third kappa shape index (κ3) is 3.33. The molecule has 0 bridgehead atoms. The van der Waals surface area contributed by atoms with Gasteiger partial charge in [0.2, 0.25) is 5.76 Å². The number of nitrogens with two attached hydrogens (primary N) is 1. The standard InChI is InChI=1S/C14H14FNO3S/c1-8(12-3-4-13(19-12)14(17)18-2)20-11-6-9(15)5-10(16)7-11/h3-8H,16H2,1-2H3. The molecule has 1 aromatic carbocycles. The van der Waals surface area contributed by atoms with Crippen LogP contribution >= 0.6 is 11.8 Å². The molecular weight excluding hydrogens is 281 g/mol. The van der Waals surface area contributed by atoms with Crippen LogP contribution in [-0.2, 0) is 4.74 Å². The number of benzene rings is 1. The van der Waals surface area contributed by atoms with Crippen LogP contribution in [0.25, 0.3) is 0 Å². The summed E-state index contributed by atoms with van der Waals surface area (Å²) in [5, 5.41) is -0.0883. The van der Waals surface area contributed by atoms with E-state index in [-0.39, 0.29) is 16.8 Å². The van der Waals surface area contributed by atoms with Crippen molar-refractivity contribution >= 4 is 23.4 Å². The topological polar surface area (TPSA) is 65.5 Å². The molecule has 20 heavy (non-hydrogen) atoms. The van der Waals surface area contributed by atoms with Gasteiger partial charge < -0.3 is 14.9 Å². The molecule has 1 heterocycles. The van der Waals surface area contributed by atoms with Crippen molar-refractivity contribution in [3.05, 3.63) is 47.7 Å². The molecule has 6 heteroatoms. The van der Waals surface area contributed by atoms with Gasteiger partial charge >= 0.3 is 5.97 Å². The van der Waals surface area contributed by atoms with Crippen molar-refractivity contribution < 1.29 is 18.3 Å². The van der Waals surface area contributed by atoms with Gasteiger partial charge in [-0.3, -0.25) is 0 Å². The first kappa shape index (κ1) is 14.5. The van der Waals surface area contributed by atoms with Crippen molar-refractivity contribution in [2.75, 3.05) is 12.8 Å². The molecule has 2 rings (SSSR count). The predicted molar refractivity (Wildman–Crippen MR) is 75.1 cm³/mol. The first-order valence-electron chi connectivity index (χ1n) is 5.90. The number of ether oxygens (including phenoxy) is 1. The van der Waals surface area contributed by atoms with Gasteiger partial charge in [-0.2, -0.15) is 0 Å². The highest BCUT2D eigenvalue weighted by atomic mass is 32.2. The Bertz CT molecular complexity index is 606. The fraction of sp³-hybridized carbons (Fsp3) is 0.214. The second-order valence-electron chi connectivity index (χ2n) is 4.17. The van der Waals surface area contributed by atoms with Gasteiger partial charge in [0, 0.05) is 10.6 Å². The molecule has 4 nitrogen and oxygen atoms in total. The second kappa shape index (κ2) is 6.00. The summed E-state index contributed by atoms with van der Waals surface area (Å²) >= 11 is 1.39. The minimum absolute atomic E-state index is 0.0883. The van der Waals surface area contributed by atoms with Crippen molar-refractivity contribution in [2.45, 2.75) is 17.1 Å². The lowest BCUT2D eigenvalue weighted by Crippen LogP contribution is -1.98. The summed E-state index contributed by atoms with van der Waals surface area (Å²) in [7, 11) is 1.29. The molecule has 106 valence electrons. The first-order valence-corrected chi connectivity index (χ1v) is 6.78. The van der Waals surface area contributed by atoms with Gasteiger partial charge in [0.05, 0.1) is 12.4 Å². The number of methoxy groups -OCH3 is 1. The Hall–Kier alpha value is -1.95. The van der Waals surface area contributed by atoms with E-state index in [9.17, 15) is 9.18 Å². The van der Waals surface area contributed by atoms with Gasteiger partial charge in [-0.1, -0.05) is 0 Å². The molecule has 1 unspecified atom stereocenters. The average molecular weight is 295 g/mol. The number of hydrogen-bond acceptors (Lipinski definition) is 5. The zero-order valence-electron chi connectivity index (χ0n) is 11.1. The number of furan rings is 1. The molecule has 0 spiro atoms. The van der Waals surface area contributed by atoms with Crippen LogP contribution in [-0.4, -0.2) is 13.1 Å². The number of carbonyl (C=O) groups is 1. The van der Waals surface area contributed by atoms with Crippen LogP contribution in [0.4, 0.5) is 10.1 Å². The second-order valence-corrected chi connectivity index (χ2v) is 5.59. The molecule has 0 fully saturated rings. The Morgan fingerprint density at radius 1 is 1.40 bits per heavy atom. The summed E-state index contributed by atoms with van der Waals surface area (Å²) in [6, 6.07) is 7.61. The summed E-state index contributed by atoms with van der Waals surface area (Å²) in [5.74, 6) is -0.148. The Morgan fingerprint density at radius 3 is 2.80 bits per heavy atom. The van der Waals surface area contributed by atoms with Crippen LogP contribution in [0.2, 0.25) is 0 Å². The molecule has 2 N–H and O–H groups in total. The SMILES string of the molecule is COC(=O)c1ccc(C(C)Sc2cc(N)cc(F)c2)o1. The lowest BCUT2D eigenvalue weighted by atomic mass is 10.3. The van der Waals surface area contributed by atoms with Gasteiger partial charge in [-0.25, -0.2) is 9.18 Å². The molecule has 1 aromatic heterocycles. The Balaban J connectivity index is 2.13. The Labute approximate surface area is 120 Å². The van der Waals surface area contributed by atoms with E-state index in [1.54, 1.807) is 18.2 Å². The fourth-order valence-electron chi connectivity index (χ4n) is 1.70. The van der Waals surface area contributed by atoms with Crippen molar-refractivity contribution in [2.24, 2.45) is 0 Å². The van der Waals surface area contributed by atoms with E-state index in [4.69, 9.17) is 10.2 Å². The van der Waals surface area contributed by atoms with E-state index in [2.05, 4.69) is 4.74 Å². The van der Waals surface area contributed by atoms with E-state index < -0.39 is 5.97 Å². The maximum absolute atomic E-state index is 13.3. The van der Waals surface area contributed by atoms with Crippen molar-refractivity contribution in [3.8, 4) is 0 Å². The normalized spacial score (nSPS) is 12.2. The van der Waals surface area contributed by atoms with Crippen molar-refractivity contribution in [1.82, 2.24) is 0 Å². The Kier molecular flexibility index (Phi) is 4.34. The van der Waals surface area contributed by atoms with Crippen molar-refractivity contribution in [3.63, 3.8) is 0 Å². The zero-order chi connectivity index (χ0) is 14.7. The smallest absolute Gasteiger partial charge is 0.373 e. The molecule has 0 radical (unpaired) electrons. The number of hydrogen-bond donors (Lipinski definition) is 1. The number of nitrogen functional groups attached to an aromatic ring is 1. The van der Waals surface area contributed by atoms with E-state index in [1.165, 1.54) is 31.0 Å². The molecule has 1 atom stereocenters. The molecule has 0 aliphatic heterocycles. The van der Waals surface area contributed by atoms with Crippen LogP contribution in [0.5, 0.6) is 0 Å². The van der Waals surface area contributed by atoms with Gasteiger partial charge in [0.25, 0.3) is 0 Å². The summed E-state index contributed by atoms with van der Waals surface area (Å²) in [4.78, 5) is 12.0. The monoisotopic (exact) mass is 295 g/mol. The van der Waals surface area contributed by atoms with Crippen LogP contribution in [0.15, 0.2) is 39.6 Å². The third-order valence-electron chi connectivity index (χ3n) is 2.62. The van der Waals surface area contributed by atoms with E-state index in [0.29, 0.717) is 16.3 Å². The minimum atomic E-state index is -0.525. The summed E-state index contributed by atoms with van der Waals surface area (Å²) < 4.78 is 23.2. The number of rotatable bonds is 4. The number of esters is 1. The predicted octanol–water partition coefficient (Wildman–Crippen LogP) is 3.64. The first-order chi connectivity index (χ1) is 9.49. The number of thioether (sulfide) groups is 1. The highest BCUT2D eigenvalue weighted by Crippen LogP contribution is 2.36. The van der Waals surface area contributed by atoms with Crippen molar-refractivity contribution in [1.29, 1.82) is 0 Å². The maximum Gasteiger partial charge on any atom is 0.373 e. The van der Waals surface area contributed by atoms with Gasteiger partial charge in [-0.05, 0) is 37.3 Å². The summed E-state index contributed by atoms with van der Waals surface area (Å²) in [6.45, 7) is 1.89. The Morgan fingerprint density at radius 2 is 2.15 bits per heavy atom. The van der Waals surface area contributed by atoms with Gasteiger partial charge in [-0.15, -0.1) is 11.8 Å². The van der Waals surface area contributed by atoms with E-state index >= 15 is 0 Å². The van der Waals surface area contributed by atoms with E-state index in [0.717, 1.165) is 0 Å². The fourth-order valence-corrected chi connectivity index (χ4v) is 2.73. The third-order valence-corrected chi connectivity index (χ3v) is 3.71. The van der Waals surface area contributed by atoms with Crippen LogP contribution in [0, 0.1) is 5.82 Å². The lowest BCUT2D eigenvalue weighted by molar-refractivity contribution is 0.0563. The highest BCUT2D eigenvalue weighted by Gasteiger charge is 2.16. The van der Waals surface area contributed by atoms with Crippen LogP contribution in [0.1, 0.15) is 28.5 Å². The minimum Gasteiger partial charge on any atom is -0.463 e. The zero-order valence-corrected chi connectivity index (χ0v) is 11.9. The molecule has 0 aliphatic rings. The molecular formula is C14H14FNO3S. The summed E-state index contributed by atoms with van der Waals surface area (Å²) in [5.41, 5.74) is 5.97. The lowest BCUT2D eigenvalue weighted by Gasteiger charge is -2.09. The van der Waals surface area contributed by atoms with Gasteiger partial charge in [0.15, 0.2) is 0 Å². The van der Waals surface area contributed by atoms with Gasteiger partial charge in [0.1, 0.15) is 11.6 Å². The van der Waals surface area contributed by atoms with Crippen LogP contribution in [0.3, 0.4) is 0 Å². The number of anilines is 1. The quantitative estimate of drug-likeness (QED) is 0.530. The number of halogens is 1. The molecule has 0 aliphatic carbocycles. The molecule has 0 saturated carbocycles.